The molecule has 0 aliphatic heterocycles. The minimum atomic E-state index is -4.69. The number of methoxy groups -OCH3 is 1. The van der Waals surface area contributed by atoms with Crippen molar-refractivity contribution in [2.45, 2.75) is 11.1 Å². The molecule has 0 fully saturated rings. The second-order valence-electron chi connectivity index (χ2n) is 4.81. The Kier molecular flexibility index (Phi) is 5.28. The second kappa shape index (κ2) is 6.93. The Morgan fingerprint density at radius 3 is 2.44 bits per heavy atom. The lowest BCUT2D eigenvalue weighted by atomic mass is 10.2. The molecule has 0 aliphatic rings. The largest absolute Gasteiger partial charge is 0.465 e. The van der Waals surface area contributed by atoms with Gasteiger partial charge < -0.3 is 4.74 Å². The third-order valence-electron chi connectivity index (χ3n) is 3.10. The van der Waals surface area contributed by atoms with Crippen LogP contribution in [0.4, 0.5) is 18.9 Å². The molecular formula is C15H11ClF3NO4S. The van der Waals surface area contributed by atoms with Crippen LogP contribution in [0.3, 0.4) is 0 Å². The van der Waals surface area contributed by atoms with Gasteiger partial charge in [0, 0.05) is 5.02 Å². The summed E-state index contributed by atoms with van der Waals surface area (Å²) in [7, 11) is -3.28. The fourth-order valence-corrected chi connectivity index (χ4v) is 3.22. The average molecular weight is 394 g/mol. The van der Waals surface area contributed by atoms with Crippen LogP contribution in [0.5, 0.6) is 0 Å². The number of hydrogen-bond donors (Lipinski definition) is 1. The van der Waals surface area contributed by atoms with Gasteiger partial charge in [0.1, 0.15) is 0 Å². The number of benzene rings is 2. The highest BCUT2D eigenvalue weighted by molar-refractivity contribution is 7.92. The molecule has 0 radical (unpaired) electrons. The zero-order valence-corrected chi connectivity index (χ0v) is 14.2. The van der Waals surface area contributed by atoms with Crippen molar-refractivity contribution in [1.82, 2.24) is 0 Å². The lowest BCUT2D eigenvalue weighted by Crippen LogP contribution is -2.17. The SMILES string of the molecule is COC(=O)c1cc(Cl)ccc1NS(=O)(=O)c1cccc(C(F)(F)F)c1. The molecule has 134 valence electrons. The second-order valence-corrected chi connectivity index (χ2v) is 6.93. The van der Waals surface area contributed by atoms with E-state index in [2.05, 4.69) is 9.46 Å². The molecule has 2 aromatic carbocycles. The molecule has 25 heavy (non-hydrogen) atoms. The van der Waals surface area contributed by atoms with Crippen molar-refractivity contribution in [3.63, 3.8) is 0 Å². The molecule has 0 spiro atoms. The summed E-state index contributed by atoms with van der Waals surface area (Å²) in [5.41, 5.74) is -1.46. The monoisotopic (exact) mass is 393 g/mol. The van der Waals surface area contributed by atoms with E-state index in [1.165, 1.54) is 18.2 Å². The highest BCUT2D eigenvalue weighted by Gasteiger charge is 2.32. The first-order valence-corrected chi connectivity index (χ1v) is 8.48. The molecule has 0 bridgehead atoms. The quantitative estimate of drug-likeness (QED) is 0.798. The number of hydrogen-bond acceptors (Lipinski definition) is 4. The van der Waals surface area contributed by atoms with E-state index in [1.807, 2.05) is 0 Å². The van der Waals surface area contributed by atoms with E-state index in [-0.39, 0.29) is 16.3 Å². The molecule has 0 saturated heterocycles. The number of rotatable bonds is 4. The van der Waals surface area contributed by atoms with E-state index >= 15 is 0 Å². The predicted octanol–water partition coefficient (Wildman–Crippen LogP) is 3.95. The Hall–Kier alpha value is -2.26. The first-order chi connectivity index (χ1) is 11.5. The van der Waals surface area contributed by atoms with Gasteiger partial charge in [-0.1, -0.05) is 17.7 Å². The van der Waals surface area contributed by atoms with Crippen molar-refractivity contribution in [2.75, 3.05) is 11.8 Å². The van der Waals surface area contributed by atoms with Crippen LogP contribution in [0.2, 0.25) is 5.02 Å². The smallest absolute Gasteiger partial charge is 0.416 e. The number of alkyl halides is 3. The number of sulfonamides is 1. The molecule has 0 unspecified atom stereocenters. The number of halogens is 4. The minimum Gasteiger partial charge on any atom is -0.465 e. The van der Waals surface area contributed by atoms with E-state index in [1.54, 1.807) is 0 Å². The summed E-state index contributed by atoms with van der Waals surface area (Å²) in [5, 5.41) is 0.155. The maximum atomic E-state index is 12.8. The van der Waals surface area contributed by atoms with Gasteiger partial charge in [-0.05, 0) is 36.4 Å². The van der Waals surface area contributed by atoms with Crippen LogP contribution in [0, 0.1) is 0 Å². The molecule has 0 aromatic heterocycles. The molecule has 5 nitrogen and oxygen atoms in total. The Labute approximate surface area is 146 Å². The Morgan fingerprint density at radius 1 is 1.16 bits per heavy atom. The molecule has 0 amide bonds. The van der Waals surface area contributed by atoms with Crippen LogP contribution >= 0.6 is 11.6 Å². The third kappa shape index (κ3) is 4.43. The first-order valence-electron chi connectivity index (χ1n) is 6.62. The van der Waals surface area contributed by atoms with Crippen LogP contribution in [-0.2, 0) is 20.9 Å². The van der Waals surface area contributed by atoms with Gasteiger partial charge in [0.15, 0.2) is 0 Å². The van der Waals surface area contributed by atoms with E-state index in [0.29, 0.717) is 6.07 Å². The van der Waals surface area contributed by atoms with Gasteiger partial charge in [0.25, 0.3) is 10.0 Å². The van der Waals surface area contributed by atoms with Gasteiger partial charge in [0.2, 0.25) is 0 Å². The summed E-state index contributed by atoms with van der Waals surface area (Å²) >= 11 is 5.77. The number of anilines is 1. The number of esters is 1. The van der Waals surface area contributed by atoms with Crippen molar-refractivity contribution < 1.29 is 31.1 Å². The molecule has 2 aromatic rings. The lowest BCUT2D eigenvalue weighted by molar-refractivity contribution is -0.137. The highest BCUT2D eigenvalue weighted by Crippen LogP contribution is 2.31. The predicted molar refractivity (Wildman–Crippen MR) is 85.0 cm³/mol. The number of nitrogens with one attached hydrogen (secondary N) is 1. The molecule has 0 heterocycles. The van der Waals surface area contributed by atoms with Crippen LogP contribution < -0.4 is 4.72 Å². The Bertz CT molecular complexity index is 913. The third-order valence-corrected chi connectivity index (χ3v) is 4.70. The van der Waals surface area contributed by atoms with Crippen LogP contribution in [0.25, 0.3) is 0 Å². The van der Waals surface area contributed by atoms with Crippen molar-refractivity contribution >= 4 is 33.3 Å². The molecule has 0 saturated carbocycles. The van der Waals surface area contributed by atoms with Crippen molar-refractivity contribution in [1.29, 1.82) is 0 Å². The summed E-state index contributed by atoms with van der Waals surface area (Å²) in [4.78, 5) is 11.1. The van der Waals surface area contributed by atoms with E-state index in [9.17, 15) is 26.4 Å². The first kappa shape index (κ1) is 19.1. The Morgan fingerprint density at radius 2 is 1.84 bits per heavy atom. The van der Waals surface area contributed by atoms with Gasteiger partial charge >= 0.3 is 12.1 Å². The zero-order valence-electron chi connectivity index (χ0n) is 12.6. The minimum absolute atomic E-state index is 0.155. The summed E-state index contributed by atoms with van der Waals surface area (Å²) in [6.45, 7) is 0. The average Bonchev–Trinajstić information content (AvgIpc) is 2.55. The normalized spacial score (nSPS) is 11.9. The maximum Gasteiger partial charge on any atom is 0.416 e. The van der Waals surface area contributed by atoms with E-state index in [0.717, 1.165) is 25.3 Å². The molecule has 2 rings (SSSR count). The van der Waals surface area contributed by atoms with Crippen molar-refractivity contribution in [3.05, 3.63) is 58.6 Å². The number of carbonyl (C=O) groups excluding carboxylic acids is 1. The van der Waals surface area contributed by atoms with Gasteiger partial charge in [-0.3, -0.25) is 4.72 Å². The molecule has 1 N–H and O–H groups in total. The van der Waals surface area contributed by atoms with Crippen LogP contribution in [0.1, 0.15) is 15.9 Å². The molecule has 10 heteroatoms. The molecule has 0 aliphatic carbocycles. The topological polar surface area (TPSA) is 72.5 Å². The van der Waals surface area contributed by atoms with Crippen molar-refractivity contribution in [3.8, 4) is 0 Å². The summed E-state index contributed by atoms with van der Waals surface area (Å²) in [6, 6.07) is 6.93. The number of carbonyl (C=O) groups is 1. The van der Waals surface area contributed by atoms with Crippen LogP contribution in [0.15, 0.2) is 47.4 Å². The summed E-state index contributed by atoms with van der Waals surface area (Å²) in [6.07, 6.45) is -4.69. The van der Waals surface area contributed by atoms with Crippen LogP contribution in [-0.4, -0.2) is 21.5 Å². The van der Waals surface area contributed by atoms with Gasteiger partial charge in [-0.15, -0.1) is 0 Å². The fourth-order valence-electron chi connectivity index (χ4n) is 1.93. The van der Waals surface area contributed by atoms with E-state index < -0.39 is 32.6 Å². The van der Waals surface area contributed by atoms with Gasteiger partial charge in [0.05, 0.1) is 28.8 Å². The maximum absolute atomic E-state index is 12.8. The van der Waals surface area contributed by atoms with E-state index in [4.69, 9.17) is 11.6 Å². The zero-order chi connectivity index (χ0) is 18.8. The standard InChI is InChI=1S/C15H11ClF3NO4S/c1-24-14(21)12-8-10(16)5-6-13(12)20-25(22,23)11-4-2-3-9(7-11)15(17,18)19/h2-8,20H,1H3. The Balaban J connectivity index is 2.45. The fraction of sp³-hybridized carbons (Fsp3) is 0.133. The highest BCUT2D eigenvalue weighted by atomic mass is 35.5. The molecular weight excluding hydrogens is 383 g/mol. The molecule has 0 atom stereocenters. The van der Waals surface area contributed by atoms with Gasteiger partial charge in [-0.2, -0.15) is 13.2 Å². The van der Waals surface area contributed by atoms with Gasteiger partial charge in [-0.25, -0.2) is 13.2 Å². The number of ether oxygens (including phenoxy) is 1. The summed E-state index contributed by atoms with van der Waals surface area (Å²) < 4.78 is 69.6. The van der Waals surface area contributed by atoms with Crippen molar-refractivity contribution in [2.24, 2.45) is 0 Å². The summed E-state index contributed by atoms with van der Waals surface area (Å²) in [5.74, 6) is -0.857. The lowest BCUT2D eigenvalue weighted by Gasteiger charge is -2.13.